The molecular weight excluding hydrogens is 442 g/mol. The van der Waals surface area contributed by atoms with E-state index in [-0.39, 0.29) is 36.1 Å². The second-order valence-electron chi connectivity index (χ2n) is 8.95. The fraction of sp³-hybridized carbons (Fsp3) is 0.407. The first-order valence-corrected chi connectivity index (χ1v) is 12.3. The summed E-state index contributed by atoms with van der Waals surface area (Å²) >= 11 is 0. The van der Waals surface area contributed by atoms with Crippen molar-refractivity contribution in [2.75, 3.05) is 26.2 Å². The van der Waals surface area contributed by atoms with E-state index < -0.39 is 0 Å². The lowest BCUT2D eigenvalue weighted by molar-refractivity contribution is -0.133. The molecule has 3 aromatic rings. The molecule has 1 N–H and O–H groups in total. The van der Waals surface area contributed by atoms with Crippen LogP contribution in [0.5, 0.6) is 5.75 Å². The summed E-state index contributed by atoms with van der Waals surface area (Å²) in [6.07, 6.45) is 1.58. The smallest absolute Gasteiger partial charge is 0.273 e. The normalized spacial score (nSPS) is 15.1. The van der Waals surface area contributed by atoms with E-state index in [9.17, 15) is 9.59 Å². The van der Waals surface area contributed by atoms with E-state index >= 15 is 0 Å². The number of H-pyrrole nitrogens is 1. The second-order valence-corrected chi connectivity index (χ2v) is 8.95. The maximum atomic E-state index is 12.7. The number of nitrogens with zero attached hydrogens (tertiary/aromatic N) is 4. The first-order chi connectivity index (χ1) is 17.0. The monoisotopic (exact) mass is 475 g/mol. The van der Waals surface area contributed by atoms with Crippen molar-refractivity contribution in [2.45, 2.75) is 45.8 Å². The van der Waals surface area contributed by atoms with Crippen LogP contribution in [0.2, 0.25) is 0 Å². The largest absolute Gasteiger partial charge is 0.491 e. The molecule has 184 valence electrons. The minimum atomic E-state index is -0.310. The van der Waals surface area contributed by atoms with Gasteiger partial charge in [0.25, 0.3) is 5.56 Å². The van der Waals surface area contributed by atoms with Crippen molar-refractivity contribution in [1.82, 2.24) is 25.0 Å². The summed E-state index contributed by atoms with van der Waals surface area (Å²) in [5, 5.41) is 8.29. The molecule has 0 radical (unpaired) electrons. The SMILES string of the molecule is CCC(C)Oc1ccc(-c2nnc(CCC(=O)N3CCN(Cc4ccccc4)CC3)c(=O)[nH]2)cc1. The van der Waals surface area contributed by atoms with E-state index in [1.807, 2.05) is 54.3 Å². The van der Waals surface area contributed by atoms with Gasteiger partial charge in [0.15, 0.2) is 5.82 Å². The molecule has 1 saturated heterocycles. The number of ether oxygens (including phenoxy) is 1. The number of piperazine rings is 1. The topological polar surface area (TPSA) is 91.4 Å². The molecule has 0 bridgehead atoms. The molecule has 8 nitrogen and oxygen atoms in total. The highest BCUT2D eigenvalue weighted by Crippen LogP contribution is 2.20. The summed E-state index contributed by atoms with van der Waals surface area (Å²) in [7, 11) is 0. The van der Waals surface area contributed by atoms with Crippen molar-refractivity contribution in [3.8, 4) is 17.1 Å². The van der Waals surface area contributed by atoms with Gasteiger partial charge in [-0.3, -0.25) is 14.5 Å². The van der Waals surface area contributed by atoms with Crippen LogP contribution >= 0.6 is 0 Å². The highest BCUT2D eigenvalue weighted by Gasteiger charge is 2.21. The Morgan fingerprint density at radius 2 is 1.74 bits per heavy atom. The molecule has 2 heterocycles. The maximum absolute atomic E-state index is 12.7. The molecule has 8 heteroatoms. The summed E-state index contributed by atoms with van der Waals surface area (Å²) in [6, 6.07) is 17.8. The van der Waals surface area contributed by atoms with Crippen LogP contribution in [-0.2, 0) is 17.8 Å². The van der Waals surface area contributed by atoms with Gasteiger partial charge in [0, 0.05) is 51.1 Å². The molecule has 1 aliphatic heterocycles. The maximum Gasteiger partial charge on any atom is 0.273 e. The molecule has 0 saturated carbocycles. The lowest BCUT2D eigenvalue weighted by atomic mass is 10.1. The van der Waals surface area contributed by atoms with Gasteiger partial charge in [-0.15, -0.1) is 10.2 Å². The Hall–Kier alpha value is -3.52. The Labute approximate surface area is 206 Å². The van der Waals surface area contributed by atoms with Gasteiger partial charge >= 0.3 is 0 Å². The summed E-state index contributed by atoms with van der Waals surface area (Å²) in [6.45, 7) is 8.07. The Bertz CT molecular complexity index is 1160. The number of hydrogen-bond acceptors (Lipinski definition) is 6. The van der Waals surface area contributed by atoms with Crippen LogP contribution in [-0.4, -0.2) is 63.2 Å². The average molecular weight is 476 g/mol. The third-order valence-corrected chi connectivity index (χ3v) is 6.35. The van der Waals surface area contributed by atoms with Crippen molar-refractivity contribution >= 4 is 5.91 Å². The number of aromatic nitrogens is 3. The van der Waals surface area contributed by atoms with Crippen LogP contribution < -0.4 is 10.3 Å². The van der Waals surface area contributed by atoms with Crippen LogP contribution in [0.15, 0.2) is 59.4 Å². The van der Waals surface area contributed by atoms with Gasteiger partial charge in [0.2, 0.25) is 5.91 Å². The van der Waals surface area contributed by atoms with Gasteiger partial charge in [-0.1, -0.05) is 37.3 Å². The molecule has 1 aliphatic rings. The molecule has 1 aromatic heterocycles. The van der Waals surface area contributed by atoms with Crippen LogP contribution in [0.25, 0.3) is 11.4 Å². The molecule has 35 heavy (non-hydrogen) atoms. The van der Waals surface area contributed by atoms with Gasteiger partial charge in [-0.25, -0.2) is 0 Å². The number of aryl methyl sites for hydroxylation is 1. The van der Waals surface area contributed by atoms with Crippen molar-refractivity contribution in [3.63, 3.8) is 0 Å². The lowest BCUT2D eigenvalue weighted by Crippen LogP contribution is -2.48. The predicted octanol–water partition coefficient (Wildman–Crippen LogP) is 3.29. The molecule has 2 aromatic carbocycles. The third kappa shape index (κ3) is 6.76. The zero-order chi connectivity index (χ0) is 24.6. The first kappa shape index (κ1) is 24.6. The van der Waals surface area contributed by atoms with Crippen LogP contribution in [0.4, 0.5) is 0 Å². The van der Waals surface area contributed by atoms with Gasteiger partial charge in [-0.2, -0.15) is 0 Å². The lowest BCUT2D eigenvalue weighted by Gasteiger charge is -2.34. The van der Waals surface area contributed by atoms with Crippen molar-refractivity contribution in [1.29, 1.82) is 0 Å². The fourth-order valence-corrected chi connectivity index (χ4v) is 4.04. The van der Waals surface area contributed by atoms with Crippen molar-refractivity contribution < 1.29 is 9.53 Å². The number of benzene rings is 2. The standard InChI is InChI=1S/C27H33N5O3/c1-3-20(2)35-23-11-9-22(10-12-23)26-28-27(34)24(29-30-26)13-14-25(33)32-17-15-31(16-18-32)19-21-7-5-4-6-8-21/h4-12,20H,3,13-19H2,1-2H3,(H,28,30,34). The van der Waals surface area contributed by atoms with Crippen LogP contribution in [0, 0.1) is 0 Å². The molecule has 1 atom stereocenters. The Morgan fingerprint density at radius 1 is 1.03 bits per heavy atom. The van der Waals surface area contributed by atoms with Gasteiger partial charge < -0.3 is 14.6 Å². The summed E-state index contributed by atoms with van der Waals surface area (Å²) in [4.78, 5) is 32.3. The molecular formula is C27H33N5O3. The summed E-state index contributed by atoms with van der Waals surface area (Å²) < 4.78 is 5.79. The number of carbonyl (C=O) groups is 1. The van der Waals surface area contributed by atoms with Gasteiger partial charge in [0.1, 0.15) is 11.4 Å². The zero-order valence-corrected chi connectivity index (χ0v) is 20.4. The van der Waals surface area contributed by atoms with E-state index in [0.29, 0.717) is 18.9 Å². The fourth-order valence-electron chi connectivity index (χ4n) is 4.04. The molecule has 1 amide bonds. The molecule has 4 rings (SSSR count). The van der Waals surface area contributed by atoms with Crippen molar-refractivity contribution in [3.05, 3.63) is 76.2 Å². The van der Waals surface area contributed by atoms with E-state index in [2.05, 4.69) is 39.1 Å². The molecule has 0 aliphatic carbocycles. The quantitative estimate of drug-likeness (QED) is 0.511. The highest BCUT2D eigenvalue weighted by molar-refractivity contribution is 5.76. The van der Waals surface area contributed by atoms with Gasteiger partial charge in [0.05, 0.1) is 6.10 Å². The predicted molar refractivity (Wildman–Crippen MR) is 135 cm³/mol. The molecule has 1 fully saturated rings. The Balaban J connectivity index is 1.27. The zero-order valence-electron chi connectivity index (χ0n) is 20.4. The van der Waals surface area contributed by atoms with E-state index in [0.717, 1.165) is 37.4 Å². The number of carbonyl (C=O) groups excluding carboxylic acids is 1. The summed E-state index contributed by atoms with van der Waals surface area (Å²) in [5.74, 6) is 1.22. The third-order valence-electron chi connectivity index (χ3n) is 6.35. The van der Waals surface area contributed by atoms with Gasteiger partial charge in [-0.05, 0) is 43.2 Å². The average Bonchev–Trinajstić information content (AvgIpc) is 2.89. The molecule has 1 unspecified atom stereocenters. The van der Waals surface area contributed by atoms with Crippen LogP contribution in [0.1, 0.15) is 37.9 Å². The number of aromatic amines is 1. The number of nitrogens with one attached hydrogen (secondary N) is 1. The van der Waals surface area contributed by atoms with E-state index in [4.69, 9.17) is 4.74 Å². The highest BCUT2D eigenvalue weighted by atomic mass is 16.5. The van der Waals surface area contributed by atoms with E-state index in [1.54, 1.807) is 0 Å². The Kier molecular flexibility index (Phi) is 8.26. The van der Waals surface area contributed by atoms with Crippen molar-refractivity contribution in [2.24, 2.45) is 0 Å². The number of hydrogen-bond donors (Lipinski definition) is 1. The molecule has 0 spiro atoms. The minimum absolute atomic E-state index is 0.0477. The second kappa shape index (κ2) is 11.8. The number of amides is 1. The summed E-state index contributed by atoms with van der Waals surface area (Å²) in [5.41, 5.74) is 2.00. The van der Waals surface area contributed by atoms with Crippen LogP contribution in [0.3, 0.4) is 0 Å². The Morgan fingerprint density at radius 3 is 2.40 bits per heavy atom. The minimum Gasteiger partial charge on any atom is -0.491 e. The number of rotatable bonds is 9. The van der Waals surface area contributed by atoms with E-state index in [1.165, 1.54) is 5.56 Å². The first-order valence-electron chi connectivity index (χ1n) is 12.3.